The Morgan fingerprint density at radius 1 is 1.14 bits per heavy atom. The molecule has 0 saturated carbocycles. The second-order valence-corrected chi connectivity index (χ2v) is 3.82. The number of imidazole rings is 1. The van der Waals surface area contributed by atoms with Crippen molar-refractivity contribution in [3.05, 3.63) is 46.1 Å². The molecule has 14 heavy (non-hydrogen) atoms. The zero-order valence-electron chi connectivity index (χ0n) is 6.92. The predicted octanol–water partition coefficient (Wildman–Crippen LogP) is 2.76. The first kappa shape index (κ1) is 9.57. The summed E-state index contributed by atoms with van der Waals surface area (Å²) in [6.45, 7) is 0. The predicted molar refractivity (Wildman–Crippen MR) is 56.2 cm³/mol. The highest BCUT2D eigenvalue weighted by Gasteiger charge is 2.04. The van der Waals surface area contributed by atoms with E-state index in [0.717, 1.165) is 9.77 Å². The van der Waals surface area contributed by atoms with E-state index in [-0.39, 0.29) is 0 Å². The molecule has 5 heteroatoms. The Morgan fingerprint density at radius 2 is 1.79 bits per heavy atom. The first-order valence-electron chi connectivity index (χ1n) is 3.81. The monoisotopic (exact) mass is 306 g/mol. The molecule has 0 aliphatic heterocycles. The van der Waals surface area contributed by atoms with Crippen molar-refractivity contribution in [3.63, 3.8) is 0 Å². The SMILES string of the molecule is Fc1cc(F)cc(-n2cncc2I)c1. The lowest BCUT2D eigenvalue weighted by Gasteiger charge is -2.03. The molecule has 1 aromatic carbocycles. The summed E-state index contributed by atoms with van der Waals surface area (Å²) in [5, 5.41) is 0. The molecule has 1 aromatic heterocycles. The Morgan fingerprint density at radius 3 is 2.29 bits per heavy atom. The van der Waals surface area contributed by atoms with Gasteiger partial charge in [-0.2, -0.15) is 0 Å². The average molecular weight is 306 g/mol. The van der Waals surface area contributed by atoms with E-state index in [1.54, 1.807) is 10.8 Å². The van der Waals surface area contributed by atoms with Crippen molar-refractivity contribution in [2.24, 2.45) is 0 Å². The smallest absolute Gasteiger partial charge is 0.128 e. The number of benzene rings is 1. The standard InChI is InChI=1S/C9H5F2IN2/c10-6-1-7(11)3-8(2-6)14-5-13-4-9(14)12/h1-5H. The van der Waals surface area contributed by atoms with Gasteiger partial charge in [-0.1, -0.05) is 0 Å². The molecule has 1 heterocycles. The molecule has 72 valence electrons. The second-order valence-electron chi connectivity index (χ2n) is 2.71. The molecule has 0 amide bonds. The summed E-state index contributed by atoms with van der Waals surface area (Å²) in [5.41, 5.74) is 0.435. The molecule has 2 nitrogen and oxygen atoms in total. The van der Waals surface area contributed by atoms with Crippen LogP contribution in [0.5, 0.6) is 0 Å². The number of rotatable bonds is 1. The molecule has 0 atom stereocenters. The third kappa shape index (κ3) is 1.77. The molecule has 0 fully saturated rings. The molecule has 0 saturated heterocycles. The largest absolute Gasteiger partial charge is 0.294 e. The highest BCUT2D eigenvalue weighted by molar-refractivity contribution is 14.1. The van der Waals surface area contributed by atoms with Crippen molar-refractivity contribution >= 4 is 22.6 Å². The van der Waals surface area contributed by atoms with Gasteiger partial charge in [0.2, 0.25) is 0 Å². The van der Waals surface area contributed by atoms with Gasteiger partial charge in [0.1, 0.15) is 21.7 Å². The van der Waals surface area contributed by atoms with E-state index in [9.17, 15) is 8.78 Å². The highest BCUT2D eigenvalue weighted by atomic mass is 127. The van der Waals surface area contributed by atoms with Gasteiger partial charge in [0, 0.05) is 6.07 Å². The molecule has 0 bridgehead atoms. The van der Waals surface area contributed by atoms with E-state index in [4.69, 9.17) is 0 Å². The molecular weight excluding hydrogens is 301 g/mol. The van der Waals surface area contributed by atoms with E-state index in [0.29, 0.717) is 5.69 Å². The van der Waals surface area contributed by atoms with Crippen molar-refractivity contribution in [3.8, 4) is 5.69 Å². The number of halogens is 3. The third-order valence-electron chi connectivity index (χ3n) is 1.72. The van der Waals surface area contributed by atoms with Crippen LogP contribution in [0.4, 0.5) is 8.78 Å². The molecular formula is C9H5F2IN2. The number of aromatic nitrogens is 2. The van der Waals surface area contributed by atoms with Gasteiger partial charge >= 0.3 is 0 Å². The van der Waals surface area contributed by atoms with Crippen LogP contribution in [0.1, 0.15) is 0 Å². The first-order chi connectivity index (χ1) is 6.66. The molecule has 0 radical (unpaired) electrons. The van der Waals surface area contributed by atoms with Crippen molar-refractivity contribution in [1.29, 1.82) is 0 Å². The van der Waals surface area contributed by atoms with Crippen LogP contribution in [0.2, 0.25) is 0 Å². The summed E-state index contributed by atoms with van der Waals surface area (Å²) < 4.78 is 28.2. The van der Waals surface area contributed by atoms with Crippen molar-refractivity contribution in [2.75, 3.05) is 0 Å². The maximum Gasteiger partial charge on any atom is 0.128 e. The Balaban J connectivity index is 2.57. The van der Waals surface area contributed by atoms with E-state index < -0.39 is 11.6 Å². The van der Waals surface area contributed by atoms with Crippen LogP contribution in [-0.4, -0.2) is 9.55 Å². The van der Waals surface area contributed by atoms with E-state index in [1.807, 2.05) is 22.6 Å². The Kier molecular flexibility index (Phi) is 2.49. The Bertz CT molecular complexity index is 447. The van der Waals surface area contributed by atoms with E-state index >= 15 is 0 Å². The van der Waals surface area contributed by atoms with Gasteiger partial charge in [0.05, 0.1) is 11.9 Å². The summed E-state index contributed by atoms with van der Waals surface area (Å²) in [4.78, 5) is 3.87. The topological polar surface area (TPSA) is 17.8 Å². The van der Waals surface area contributed by atoms with Crippen LogP contribution in [0.3, 0.4) is 0 Å². The van der Waals surface area contributed by atoms with E-state index in [1.165, 1.54) is 18.5 Å². The molecule has 0 aliphatic rings. The van der Waals surface area contributed by atoms with Crippen molar-refractivity contribution in [2.45, 2.75) is 0 Å². The fourth-order valence-electron chi connectivity index (χ4n) is 1.15. The third-order valence-corrected chi connectivity index (χ3v) is 2.52. The summed E-state index contributed by atoms with van der Waals surface area (Å²) >= 11 is 2.04. The average Bonchev–Trinajstić information content (AvgIpc) is 2.49. The van der Waals surface area contributed by atoms with Crippen molar-refractivity contribution < 1.29 is 8.78 Å². The molecule has 0 N–H and O–H groups in total. The van der Waals surface area contributed by atoms with Gasteiger partial charge in [-0.3, -0.25) is 4.57 Å². The molecule has 2 aromatic rings. The van der Waals surface area contributed by atoms with E-state index in [2.05, 4.69) is 4.98 Å². The van der Waals surface area contributed by atoms with Gasteiger partial charge < -0.3 is 0 Å². The van der Waals surface area contributed by atoms with Gasteiger partial charge in [0.25, 0.3) is 0 Å². The van der Waals surface area contributed by atoms with Crippen LogP contribution in [0, 0.1) is 15.3 Å². The van der Waals surface area contributed by atoms with Crippen LogP contribution < -0.4 is 0 Å². The van der Waals surface area contributed by atoms with Gasteiger partial charge in [-0.25, -0.2) is 13.8 Å². The maximum absolute atomic E-state index is 12.9. The molecule has 2 rings (SSSR count). The fourth-order valence-corrected chi connectivity index (χ4v) is 1.71. The number of nitrogens with zero attached hydrogens (tertiary/aromatic N) is 2. The summed E-state index contributed by atoms with van der Waals surface area (Å²) in [7, 11) is 0. The highest BCUT2D eigenvalue weighted by Crippen LogP contribution is 2.15. The maximum atomic E-state index is 12.9. The van der Waals surface area contributed by atoms with Gasteiger partial charge in [0.15, 0.2) is 0 Å². The Labute approximate surface area is 92.7 Å². The Hall–Kier alpha value is -0.980. The summed E-state index contributed by atoms with van der Waals surface area (Å²) in [5.74, 6) is -1.19. The fraction of sp³-hybridized carbons (Fsp3) is 0. The number of hydrogen-bond acceptors (Lipinski definition) is 1. The minimum atomic E-state index is -0.593. The van der Waals surface area contributed by atoms with Gasteiger partial charge in [-0.15, -0.1) is 0 Å². The minimum absolute atomic E-state index is 0.435. The molecule has 0 aliphatic carbocycles. The van der Waals surface area contributed by atoms with Crippen LogP contribution >= 0.6 is 22.6 Å². The molecule has 0 unspecified atom stereocenters. The minimum Gasteiger partial charge on any atom is -0.294 e. The summed E-state index contributed by atoms with van der Waals surface area (Å²) in [6.07, 6.45) is 3.12. The van der Waals surface area contributed by atoms with Crippen LogP contribution in [-0.2, 0) is 0 Å². The lowest BCUT2D eigenvalue weighted by atomic mass is 10.3. The molecule has 0 spiro atoms. The zero-order valence-corrected chi connectivity index (χ0v) is 9.07. The lowest BCUT2D eigenvalue weighted by molar-refractivity contribution is 0.581. The van der Waals surface area contributed by atoms with Crippen molar-refractivity contribution in [1.82, 2.24) is 9.55 Å². The zero-order chi connectivity index (χ0) is 10.1. The number of hydrogen-bond donors (Lipinski definition) is 0. The van der Waals surface area contributed by atoms with Crippen LogP contribution in [0.15, 0.2) is 30.7 Å². The quantitative estimate of drug-likeness (QED) is 0.741. The normalized spacial score (nSPS) is 10.5. The summed E-state index contributed by atoms with van der Waals surface area (Å²) in [6, 6.07) is 3.35. The second kappa shape index (κ2) is 3.64. The first-order valence-corrected chi connectivity index (χ1v) is 4.89. The lowest BCUT2D eigenvalue weighted by Crippen LogP contribution is -1.96. The van der Waals surface area contributed by atoms with Gasteiger partial charge in [-0.05, 0) is 34.7 Å². The van der Waals surface area contributed by atoms with Crippen LogP contribution in [0.25, 0.3) is 5.69 Å².